The van der Waals surface area contributed by atoms with E-state index in [2.05, 4.69) is 31.3 Å². The monoisotopic (exact) mass is 312 g/mol. The van der Waals surface area contributed by atoms with Crippen molar-refractivity contribution in [3.8, 4) is 5.69 Å². The van der Waals surface area contributed by atoms with Crippen LogP contribution in [0.2, 0.25) is 0 Å². The second kappa shape index (κ2) is 6.26. The van der Waals surface area contributed by atoms with E-state index < -0.39 is 0 Å². The maximum Gasteiger partial charge on any atom is 0.319 e. The molecule has 0 aliphatic heterocycles. The van der Waals surface area contributed by atoms with Crippen LogP contribution in [0.1, 0.15) is 18.5 Å². The molecule has 0 saturated carbocycles. The highest BCUT2D eigenvalue weighted by Gasteiger charge is 2.11. The summed E-state index contributed by atoms with van der Waals surface area (Å²) in [7, 11) is 1.84. The standard InChI is InChI=1S/C14H16N8O/c1-10(11-7-16-21(2)8-11)17-14(23)18-12-3-5-13(6-4-12)22-9-15-19-20-22/h3-10H,1-2H3,(H2,17,18,23)/t10-/m0/s1. The van der Waals surface area contributed by atoms with Crippen molar-refractivity contribution in [3.05, 3.63) is 48.5 Å². The number of benzene rings is 1. The smallest absolute Gasteiger partial charge is 0.319 e. The van der Waals surface area contributed by atoms with Crippen LogP contribution in [0.15, 0.2) is 43.0 Å². The molecule has 0 saturated heterocycles. The van der Waals surface area contributed by atoms with E-state index in [1.54, 1.807) is 23.0 Å². The zero-order chi connectivity index (χ0) is 16.2. The minimum absolute atomic E-state index is 0.135. The van der Waals surface area contributed by atoms with Gasteiger partial charge in [0.05, 0.1) is 17.9 Å². The summed E-state index contributed by atoms with van der Waals surface area (Å²) in [6, 6.07) is 6.78. The first kappa shape index (κ1) is 14.7. The number of urea groups is 1. The van der Waals surface area contributed by atoms with Gasteiger partial charge in [0.1, 0.15) is 6.33 Å². The number of aromatic nitrogens is 6. The summed E-state index contributed by atoms with van der Waals surface area (Å²) < 4.78 is 3.23. The van der Waals surface area contributed by atoms with Gasteiger partial charge >= 0.3 is 6.03 Å². The molecule has 0 aliphatic carbocycles. The van der Waals surface area contributed by atoms with Gasteiger partial charge in [0.15, 0.2) is 0 Å². The molecule has 2 aromatic heterocycles. The molecule has 2 amide bonds. The summed E-state index contributed by atoms with van der Waals surface area (Å²) >= 11 is 0. The van der Waals surface area contributed by atoms with Crippen LogP contribution >= 0.6 is 0 Å². The van der Waals surface area contributed by atoms with Gasteiger partial charge in [-0.2, -0.15) is 5.10 Å². The molecular formula is C14H16N8O. The van der Waals surface area contributed by atoms with Crippen molar-refractivity contribution in [1.29, 1.82) is 0 Å². The Kier molecular flexibility index (Phi) is 4.00. The normalized spacial score (nSPS) is 11.9. The Bertz CT molecular complexity index is 777. The van der Waals surface area contributed by atoms with Crippen molar-refractivity contribution in [2.45, 2.75) is 13.0 Å². The van der Waals surface area contributed by atoms with Gasteiger partial charge in [0, 0.05) is 24.5 Å². The topological polar surface area (TPSA) is 103 Å². The Morgan fingerprint density at radius 1 is 1.26 bits per heavy atom. The quantitative estimate of drug-likeness (QED) is 0.755. The van der Waals surface area contributed by atoms with E-state index in [0.717, 1.165) is 11.3 Å². The fraction of sp³-hybridized carbons (Fsp3) is 0.214. The summed E-state index contributed by atoms with van der Waals surface area (Å²) in [4.78, 5) is 12.0. The highest BCUT2D eigenvalue weighted by Crippen LogP contribution is 2.13. The Balaban J connectivity index is 1.59. The number of hydrogen-bond acceptors (Lipinski definition) is 5. The number of nitrogens with one attached hydrogen (secondary N) is 2. The first-order valence-corrected chi connectivity index (χ1v) is 7.01. The van der Waals surface area contributed by atoms with E-state index in [1.807, 2.05) is 32.3 Å². The van der Waals surface area contributed by atoms with Crippen LogP contribution < -0.4 is 10.6 Å². The van der Waals surface area contributed by atoms with E-state index in [4.69, 9.17) is 0 Å². The largest absolute Gasteiger partial charge is 0.331 e. The number of amides is 2. The molecule has 0 unspecified atom stereocenters. The Morgan fingerprint density at radius 2 is 2.04 bits per heavy atom. The van der Waals surface area contributed by atoms with Crippen LogP contribution in [0.5, 0.6) is 0 Å². The Hall–Kier alpha value is -3.23. The summed E-state index contributed by atoms with van der Waals surface area (Å²) in [5.41, 5.74) is 2.43. The maximum atomic E-state index is 12.0. The number of hydrogen-bond donors (Lipinski definition) is 2. The lowest BCUT2D eigenvalue weighted by molar-refractivity contribution is 0.249. The van der Waals surface area contributed by atoms with Gasteiger partial charge in [-0.25, -0.2) is 9.48 Å². The van der Waals surface area contributed by atoms with Crippen LogP contribution in [-0.2, 0) is 7.05 Å². The van der Waals surface area contributed by atoms with Crippen molar-refractivity contribution < 1.29 is 4.79 Å². The molecule has 1 atom stereocenters. The van der Waals surface area contributed by atoms with Gasteiger partial charge in [-0.05, 0) is 41.6 Å². The minimum atomic E-state index is -0.281. The van der Waals surface area contributed by atoms with Crippen LogP contribution in [0, 0.1) is 0 Å². The molecule has 0 aliphatic rings. The molecule has 0 radical (unpaired) electrons. The van der Waals surface area contributed by atoms with E-state index in [0.29, 0.717) is 5.69 Å². The highest BCUT2D eigenvalue weighted by atomic mass is 16.2. The number of nitrogens with zero attached hydrogens (tertiary/aromatic N) is 6. The lowest BCUT2D eigenvalue weighted by Gasteiger charge is -2.13. The summed E-state index contributed by atoms with van der Waals surface area (Å²) in [5.74, 6) is 0. The third-order valence-electron chi connectivity index (χ3n) is 3.31. The van der Waals surface area contributed by atoms with Gasteiger partial charge in [-0.3, -0.25) is 4.68 Å². The number of carbonyl (C=O) groups excluding carboxylic acids is 1. The molecule has 2 heterocycles. The number of rotatable bonds is 4. The highest BCUT2D eigenvalue weighted by molar-refractivity contribution is 5.89. The molecule has 3 aromatic rings. The third-order valence-corrected chi connectivity index (χ3v) is 3.31. The molecule has 23 heavy (non-hydrogen) atoms. The van der Waals surface area contributed by atoms with Crippen LogP contribution in [-0.4, -0.2) is 36.0 Å². The molecule has 118 valence electrons. The molecular weight excluding hydrogens is 296 g/mol. The van der Waals surface area contributed by atoms with Gasteiger partial charge in [0.25, 0.3) is 0 Å². The van der Waals surface area contributed by atoms with Gasteiger partial charge in [-0.15, -0.1) is 5.10 Å². The van der Waals surface area contributed by atoms with E-state index in [9.17, 15) is 4.79 Å². The lowest BCUT2D eigenvalue weighted by Crippen LogP contribution is -2.31. The van der Waals surface area contributed by atoms with E-state index in [1.165, 1.54) is 11.0 Å². The van der Waals surface area contributed by atoms with Crippen LogP contribution in [0.4, 0.5) is 10.5 Å². The molecule has 0 bridgehead atoms. The fourth-order valence-corrected chi connectivity index (χ4v) is 2.09. The van der Waals surface area contributed by atoms with Crippen molar-refractivity contribution in [2.75, 3.05) is 5.32 Å². The molecule has 3 rings (SSSR count). The first-order valence-electron chi connectivity index (χ1n) is 7.01. The molecule has 0 fully saturated rings. The molecule has 1 aromatic carbocycles. The second-order valence-corrected chi connectivity index (χ2v) is 5.07. The average molecular weight is 312 g/mol. The third kappa shape index (κ3) is 3.51. The van der Waals surface area contributed by atoms with Crippen molar-refractivity contribution in [3.63, 3.8) is 0 Å². The number of tetrazole rings is 1. The summed E-state index contributed by atoms with van der Waals surface area (Å²) in [6.45, 7) is 1.90. The number of carbonyl (C=O) groups is 1. The number of anilines is 1. The summed E-state index contributed by atoms with van der Waals surface area (Å²) in [5, 5.41) is 20.7. The predicted molar refractivity (Wildman–Crippen MR) is 82.9 cm³/mol. The average Bonchev–Trinajstić information content (AvgIpc) is 3.19. The van der Waals surface area contributed by atoms with Crippen molar-refractivity contribution in [2.24, 2.45) is 7.05 Å². The van der Waals surface area contributed by atoms with Crippen molar-refractivity contribution in [1.82, 2.24) is 35.3 Å². The molecule has 9 heteroatoms. The predicted octanol–water partition coefficient (Wildman–Crippen LogP) is 1.28. The fourth-order valence-electron chi connectivity index (χ4n) is 2.09. The number of aryl methyl sites for hydroxylation is 1. The molecule has 9 nitrogen and oxygen atoms in total. The van der Waals surface area contributed by atoms with Crippen LogP contribution in [0.3, 0.4) is 0 Å². The van der Waals surface area contributed by atoms with Crippen molar-refractivity contribution >= 4 is 11.7 Å². The zero-order valence-electron chi connectivity index (χ0n) is 12.7. The van der Waals surface area contributed by atoms with E-state index >= 15 is 0 Å². The van der Waals surface area contributed by atoms with Gasteiger partial charge < -0.3 is 10.6 Å². The second-order valence-electron chi connectivity index (χ2n) is 5.07. The van der Waals surface area contributed by atoms with Gasteiger partial charge in [0.2, 0.25) is 0 Å². The Morgan fingerprint density at radius 3 is 2.65 bits per heavy atom. The molecule has 2 N–H and O–H groups in total. The summed E-state index contributed by atoms with van der Waals surface area (Å²) in [6.07, 6.45) is 5.10. The van der Waals surface area contributed by atoms with E-state index in [-0.39, 0.29) is 12.1 Å². The van der Waals surface area contributed by atoms with Gasteiger partial charge in [-0.1, -0.05) is 0 Å². The molecule has 0 spiro atoms. The first-order chi connectivity index (χ1) is 11.1. The lowest BCUT2D eigenvalue weighted by atomic mass is 10.2. The van der Waals surface area contributed by atoms with Crippen LogP contribution in [0.25, 0.3) is 5.69 Å². The Labute approximate surface area is 132 Å². The maximum absolute atomic E-state index is 12.0. The zero-order valence-corrected chi connectivity index (χ0v) is 12.7. The minimum Gasteiger partial charge on any atom is -0.331 e. The SMILES string of the molecule is C[C@H](NC(=O)Nc1ccc(-n2cnnn2)cc1)c1cnn(C)c1.